The van der Waals surface area contributed by atoms with Crippen LogP contribution in [0.1, 0.15) is 15.2 Å². The van der Waals surface area contributed by atoms with Crippen molar-refractivity contribution in [2.75, 3.05) is 26.2 Å². The molecule has 0 unspecified atom stereocenters. The Morgan fingerprint density at radius 1 is 1.00 bits per heavy atom. The molecule has 31 heavy (non-hydrogen) atoms. The van der Waals surface area contributed by atoms with Gasteiger partial charge in [0.2, 0.25) is 15.9 Å². The van der Waals surface area contributed by atoms with Gasteiger partial charge in [-0.25, -0.2) is 12.8 Å². The van der Waals surface area contributed by atoms with Crippen molar-refractivity contribution >= 4 is 27.3 Å². The first kappa shape index (κ1) is 21.6. The number of amides is 1. The van der Waals surface area contributed by atoms with E-state index in [1.54, 1.807) is 23.5 Å². The van der Waals surface area contributed by atoms with Gasteiger partial charge in [-0.1, -0.05) is 24.3 Å². The Balaban J connectivity index is 1.40. The van der Waals surface area contributed by atoms with Gasteiger partial charge in [0, 0.05) is 53.6 Å². The van der Waals surface area contributed by atoms with Crippen LogP contribution in [0.15, 0.2) is 65.6 Å². The second-order valence-electron chi connectivity index (χ2n) is 7.32. The maximum absolute atomic E-state index is 14.0. The van der Waals surface area contributed by atoms with Gasteiger partial charge in [0.05, 0.1) is 4.90 Å². The molecule has 162 valence electrons. The number of sulfonamides is 1. The molecule has 1 aromatic heterocycles. The normalized spacial score (nSPS) is 15.8. The second-order valence-corrected chi connectivity index (χ2v) is 10.4. The van der Waals surface area contributed by atoms with E-state index in [1.807, 2.05) is 18.2 Å². The average molecular weight is 460 g/mol. The van der Waals surface area contributed by atoms with Crippen molar-refractivity contribution in [1.82, 2.24) is 9.21 Å². The fraction of sp³-hybridized carbons (Fsp3) is 0.227. The lowest BCUT2D eigenvalue weighted by atomic mass is 10.2. The van der Waals surface area contributed by atoms with E-state index in [1.165, 1.54) is 34.6 Å². The van der Waals surface area contributed by atoms with Gasteiger partial charge in [0.1, 0.15) is 5.82 Å². The van der Waals surface area contributed by atoms with Crippen molar-refractivity contribution in [3.05, 3.63) is 76.9 Å². The van der Waals surface area contributed by atoms with Crippen LogP contribution in [0, 0.1) is 5.82 Å². The molecule has 2 N–H and O–H groups in total. The summed E-state index contributed by atoms with van der Waals surface area (Å²) in [4.78, 5) is 15.6. The van der Waals surface area contributed by atoms with Crippen molar-refractivity contribution < 1.29 is 17.6 Å². The van der Waals surface area contributed by atoms with Crippen molar-refractivity contribution in [1.29, 1.82) is 0 Å². The van der Waals surface area contributed by atoms with Crippen LogP contribution in [-0.2, 0) is 16.6 Å². The molecule has 9 heteroatoms. The Morgan fingerprint density at radius 3 is 2.45 bits per heavy atom. The molecule has 0 spiro atoms. The zero-order chi connectivity index (χ0) is 22.0. The van der Waals surface area contributed by atoms with E-state index < -0.39 is 15.9 Å². The lowest BCUT2D eigenvalue weighted by Gasteiger charge is -2.33. The number of hydrogen-bond acceptors (Lipinski definition) is 5. The summed E-state index contributed by atoms with van der Waals surface area (Å²) in [6, 6.07) is 16.4. The molecule has 6 nitrogen and oxygen atoms in total. The minimum atomic E-state index is -3.69. The summed E-state index contributed by atoms with van der Waals surface area (Å²) in [5.41, 5.74) is 6.03. The molecule has 0 atom stereocenters. The summed E-state index contributed by atoms with van der Waals surface area (Å²) in [5, 5.41) is 0. The summed E-state index contributed by atoms with van der Waals surface area (Å²) in [7, 11) is -3.69. The Hall–Kier alpha value is -2.59. The Labute approximate surface area is 184 Å². The molecular formula is C22H22FN3O3S2. The van der Waals surface area contributed by atoms with Gasteiger partial charge in [-0.05, 0) is 36.4 Å². The lowest BCUT2D eigenvalue weighted by Crippen LogP contribution is -2.48. The highest BCUT2D eigenvalue weighted by molar-refractivity contribution is 7.89. The van der Waals surface area contributed by atoms with Crippen LogP contribution in [0.3, 0.4) is 0 Å². The van der Waals surface area contributed by atoms with E-state index in [9.17, 15) is 17.6 Å². The smallest absolute Gasteiger partial charge is 0.248 e. The van der Waals surface area contributed by atoms with E-state index in [0.29, 0.717) is 38.3 Å². The molecule has 0 bridgehead atoms. The molecule has 1 saturated heterocycles. The van der Waals surface area contributed by atoms with Crippen LogP contribution >= 0.6 is 11.3 Å². The second kappa shape index (κ2) is 8.88. The Kier molecular flexibility index (Phi) is 6.19. The molecule has 0 saturated carbocycles. The number of thiophene rings is 1. The maximum atomic E-state index is 14.0. The average Bonchev–Trinajstić information content (AvgIpc) is 3.22. The number of primary amides is 1. The minimum absolute atomic E-state index is 0.0741. The first-order valence-corrected chi connectivity index (χ1v) is 12.1. The van der Waals surface area contributed by atoms with Crippen molar-refractivity contribution in [2.45, 2.75) is 11.4 Å². The largest absolute Gasteiger partial charge is 0.366 e. The highest BCUT2D eigenvalue weighted by Crippen LogP contribution is 2.31. The topological polar surface area (TPSA) is 83.7 Å². The SMILES string of the molecule is NC(=O)c1cccc(S(=O)(=O)N2CCN(Cc3ccc(-c4ccccc4F)s3)CC2)c1. The maximum Gasteiger partial charge on any atom is 0.248 e. The minimum Gasteiger partial charge on any atom is -0.366 e. The third-order valence-electron chi connectivity index (χ3n) is 5.27. The van der Waals surface area contributed by atoms with E-state index >= 15 is 0 Å². The fourth-order valence-electron chi connectivity index (χ4n) is 3.58. The molecule has 3 aromatic rings. The quantitative estimate of drug-likeness (QED) is 0.614. The predicted octanol–water partition coefficient (Wildman–Crippen LogP) is 3.16. The molecule has 1 amide bonds. The van der Waals surface area contributed by atoms with E-state index in [4.69, 9.17) is 5.73 Å². The van der Waals surface area contributed by atoms with Gasteiger partial charge < -0.3 is 5.73 Å². The summed E-state index contributed by atoms with van der Waals surface area (Å²) in [6.45, 7) is 2.57. The first-order chi connectivity index (χ1) is 14.8. The van der Waals surface area contributed by atoms with Crippen LogP contribution in [0.5, 0.6) is 0 Å². The third-order valence-corrected chi connectivity index (χ3v) is 8.27. The molecule has 2 heterocycles. The summed E-state index contributed by atoms with van der Waals surface area (Å²) in [5.74, 6) is -0.900. The number of piperazine rings is 1. The fourth-order valence-corrected chi connectivity index (χ4v) is 6.12. The molecule has 1 fully saturated rings. The summed E-state index contributed by atoms with van der Waals surface area (Å²) >= 11 is 1.54. The number of carbonyl (C=O) groups excluding carboxylic acids is 1. The van der Waals surface area contributed by atoms with Crippen LogP contribution in [0.4, 0.5) is 4.39 Å². The Morgan fingerprint density at radius 2 is 1.74 bits per heavy atom. The van der Waals surface area contributed by atoms with Gasteiger partial charge in [0.25, 0.3) is 0 Å². The number of nitrogens with zero attached hydrogens (tertiary/aromatic N) is 2. The van der Waals surface area contributed by atoms with Crippen LogP contribution in [0.25, 0.3) is 10.4 Å². The molecule has 0 radical (unpaired) electrons. The van der Waals surface area contributed by atoms with Gasteiger partial charge in [-0.2, -0.15) is 4.31 Å². The zero-order valence-corrected chi connectivity index (χ0v) is 18.3. The monoisotopic (exact) mass is 459 g/mol. The number of benzene rings is 2. The molecule has 0 aliphatic carbocycles. The highest BCUT2D eigenvalue weighted by Gasteiger charge is 2.29. The van der Waals surface area contributed by atoms with Gasteiger partial charge in [-0.3, -0.25) is 9.69 Å². The molecule has 1 aliphatic rings. The third kappa shape index (κ3) is 4.69. The summed E-state index contributed by atoms with van der Waals surface area (Å²) in [6.07, 6.45) is 0. The standard InChI is InChI=1S/C22H22FN3O3S2/c23-20-7-2-1-6-19(20)21-9-8-17(30-21)15-25-10-12-26(13-11-25)31(28,29)18-5-3-4-16(14-18)22(24)27/h1-9,14H,10-13,15H2,(H2,24,27). The number of nitrogens with two attached hydrogens (primary N) is 1. The highest BCUT2D eigenvalue weighted by atomic mass is 32.2. The van der Waals surface area contributed by atoms with Crippen molar-refractivity contribution in [3.63, 3.8) is 0 Å². The van der Waals surface area contributed by atoms with Crippen molar-refractivity contribution in [3.8, 4) is 10.4 Å². The zero-order valence-electron chi connectivity index (χ0n) is 16.7. The van der Waals surface area contributed by atoms with Gasteiger partial charge in [0.15, 0.2) is 0 Å². The summed E-state index contributed by atoms with van der Waals surface area (Å²) < 4.78 is 41.3. The van der Waals surface area contributed by atoms with Crippen LogP contribution in [0.2, 0.25) is 0 Å². The Bertz CT molecular complexity index is 1200. The first-order valence-electron chi connectivity index (χ1n) is 9.80. The molecule has 4 rings (SSSR count). The predicted molar refractivity (Wildman–Crippen MR) is 119 cm³/mol. The lowest BCUT2D eigenvalue weighted by molar-refractivity contribution is 0.1000. The van der Waals surface area contributed by atoms with Crippen LogP contribution < -0.4 is 5.73 Å². The number of carbonyl (C=O) groups is 1. The van der Waals surface area contributed by atoms with E-state index in [0.717, 1.165) is 9.75 Å². The van der Waals surface area contributed by atoms with Crippen molar-refractivity contribution in [2.24, 2.45) is 5.73 Å². The van der Waals surface area contributed by atoms with E-state index in [-0.39, 0.29) is 16.3 Å². The number of halogens is 1. The van der Waals surface area contributed by atoms with Gasteiger partial charge >= 0.3 is 0 Å². The molecule has 2 aromatic carbocycles. The number of hydrogen-bond donors (Lipinski definition) is 1. The number of rotatable bonds is 6. The van der Waals surface area contributed by atoms with Gasteiger partial charge in [-0.15, -0.1) is 11.3 Å². The molecule has 1 aliphatic heterocycles. The van der Waals surface area contributed by atoms with Crippen LogP contribution in [-0.4, -0.2) is 49.7 Å². The molecular weight excluding hydrogens is 437 g/mol. The van der Waals surface area contributed by atoms with E-state index in [2.05, 4.69) is 4.90 Å².